The fourth-order valence-electron chi connectivity index (χ4n) is 1.06. The summed E-state index contributed by atoms with van der Waals surface area (Å²) in [5, 5.41) is 11.9. The van der Waals surface area contributed by atoms with Crippen LogP contribution >= 0.6 is 0 Å². The van der Waals surface area contributed by atoms with E-state index in [-0.39, 0.29) is 5.82 Å². The van der Waals surface area contributed by atoms with Crippen molar-refractivity contribution < 1.29 is 9.50 Å². The monoisotopic (exact) mass is 183 g/mol. The first kappa shape index (κ1) is 10.2. The minimum atomic E-state index is -0.397. The second-order valence-electron chi connectivity index (χ2n) is 3.07. The smallest absolute Gasteiger partial charge is 0.127 e. The van der Waals surface area contributed by atoms with E-state index < -0.39 is 6.10 Å². The molecule has 0 saturated carbocycles. The molecule has 0 heterocycles. The molecule has 0 bridgehead atoms. The zero-order chi connectivity index (χ0) is 9.68. The van der Waals surface area contributed by atoms with Gasteiger partial charge in [0.1, 0.15) is 5.82 Å². The van der Waals surface area contributed by atoms with Crippen molar-refractivity contribution in [3.8, 4) is 0 Å². The highest BCUT2D eigenvalue weighted by molar-refractivity contribution is 5.16. The van der Waals surface area contributed by atoms with Crippen LogP contribution in [0.25, 0.3) is 0 Å². The predicted molar refractivity (Wildman–Crippen MR) is 49.8 cm³/mol. The van der Waals surface area contributed by atoms with Gasteiger partial charge in [0.2, 0.25) is 0 Å². The van der Waals surface area contributed by atoms with Crippen molar-refractivity contribution in [1.29, 1.82) is 0 Å². The average molecular weight is 183 g/mol. The summed E-state index contributed by atoms with van der Waals surface area (Å²) in [4.78, 5) is 0. The Kier molecular flexibility index (Phi) is 3.86. The van der Waals surface area contributed by atoms with Gasteiger partial charge >= 0.3 is 0 Å². The Balaban J connectivity index is 2.41. The highest BCUT2D eigenvalue weighted by atomic mass is 19.1. The summed E-state index contributed by atoms with van der Waals surface area (Å²) in [6.45, 7) is 2.63. The summed E-state index contributed by atoms with van der Waals surface area (Å²) in [6, 6.07) is 6.61. The van der Waals surface area contributed by atoms with Crippen LogP contribution in [0.5, 0.6) is 0 Å². The standard InChI is InChI=1S/C10H14FNO/c1-8(13)6-12-7-9-4-2-3-5-10(9)11/h2-5,8,12-13H,6-7H2,1H3/t8-/m0/s1. The van der Waals surface area contributed by atoms with E-state index in [2.05, 4.69) is 5.32 Å². The van der Waals surface area contributed by atoms with Gasteiger partial charge in [-0.3, -0.25) is 0 Å². The van der Waals surface area contributed by atoms with Gasteiger partial charge in [-0.1, -0.05) is 18.2 Å². The molecule has 1 aromatic rings. The van der Waals surface area contributed by atoms with Crippen LogP contribution in [0, 0.1) is 5.82 Å². The molecule has 1 atom stereocenters. The highest BCUT2D eigenvalue weighted by Crippen LogP contribution is 2.05. The molecule has 0 aliphatic heterocycles. The van der Waals surface area contributed by atoms with E-state index in [0.29, 0.717) is 18.7 Å². The molecule has 0 aromatic heterocycles. The number of benzene rings is 1. The molecule has 13 heavy (non-hydrogen) atoms. The number of rotatable bonds is 4. The molecule has 0 fully saturated rings. The molecular formula is C10H14FNO. The Labute approximate surface area is 77.4 Å². The van der Waals surface area contributed by atoms with E-state index in [1.54, 1.807) is 25.1 Å². The van der Waals surface area contributed by atoms with Gasteiger partial charge in [0.25, 0.3) is 0 Å². The van der Waals surface area contributed by atoms with Crippen molar-refractivity contribution in [1.82, 2.24) is 5.32 Å². The second kappa shape index (κ2) is 4.94. The molecule has 0 aliphatic carbocycles. The summed E-state index contributed by atoms with van der Waals surface area (Å²) in [6.07, 6.45) is -0.397. The van der Waals surface area contributed by atoms with Gasteiger partial charge in [-0.15, -0.1) is 0 Å². The fraction of sp³-hybridized carbons (Fsp3) is 0.400. The molecule has 0 spiro atoms. The zero-order valence-corrected chi connectivity index (χ0v) is 7.63. The van der Waals surface area contributed by atoms with Crippen molar-refractivity contribution in [3.63, 3.8) is 0 Å². The Morgan fingerprint density at radius 1 is 1.46 bits per heavy atom. The number of hydrogen-bond acceptors (Lipinski definition) is 2. The number of hydrogen-bond donors (Lipinski definition) is 2. The third-order valence-electron chi connectivity index (χ3n) is 1.71. The maximum atomic E-state index is 13.0. The lowest BCUT2D eigenvalue weighted by molar-refractivity contribution is 0.191. The van der Waals surface area contributed by atoms with Gasteiger partial charge in [0, 0.05) is 18.7 Å². The normalized spacial score (nSPS) is 12.8. The topological polar surface area (TPSA) is 32.3 Å². The van der Waals surface area contributed by atoms with Gasteiger partial charge in [0.15, 0.2) is 0 Å². The van der Waals surface area contributed by atoms with E-state index in [1.807, 2.05) is 0 Å². The largest absolute Gasteiger partial charge is 0.392 e. The predicted octanol–water partition coefficient (Wildman–Crippen LogP) is 1.30. The molecular weight excluding hydrogens is 169 g/mol. The van der Waals surface area contributed by atoms with Crippen molar-refractivity contribution in [3.05, 3.63) is 35.6 Å². The third-order valence-corrected chi connectivity index (χ3v) is 1.71. The minimum absolute atomic E-state index is 0.208. The molecule has 72 valence electrons. The van der Waals surface area contributed by atoms with Crippen molar-refractivity contribution >= 4 is 0 Å². The Morgan fingerprint density at radius 3 is 2.77 bits per heavy atom. The van der Waals surface area contributed by atoms with Crippen LogP contribution in [-0.4, -0.2) is 17.8 Å². The second-order valence-corrected chi connectivity index (χ2v) is 3.07. The van der Waals surface area contributed by atoms with Crippen LogP contribution in [-0.2, 0) is 6.54 Å². The summed E-state index contributed by atoms with van der Waals surface area (Å²) < 4.78 is 13.0. The molecule has 1 aromatic carbocycles. The van der Waals surface area contributed by atoms with Crippen LogP contribution in [0.2, 0.25) is 0 Å². The van der Waals surface area contributed by atoms with Crippen LogP contribution < -0.4 is 5.32 Å². The molecule has 0 aliphatic rings. The first-order valence-corrected chi connectivity index (χ1v) is 4.32. The first-order valence-electron chi connectivity index (χ1n) is 4.32. The van der Waals surface area contributed by atoms with Crippen LogP contribution in [0.15, 0.2) is 24.3 Å². The van der Waals surface area contributed by atoms with E-state index in [9.17, 15) is 4.39 Å². The SMILES string of the molecule is C[C@H](O)CNCc1ccccc1F. The molecule has 0 amide bonds. The van der Waals surface area contributed by atoms with Crippen LogP contribution in [0.3, 0.4) is 0 Å². The van der Waals surface area contributed by atoms with Crippen LogP contribution in [0.4, 0.5) is 4.39 Å². The van der Waals surface area contributed by atoms with Crippen LogP contribution in [0.1, 0.15) is 12.5 Å². The average Bonchev–Trinajstić information content (AvgIpc) is 2.08. The van der Waals surface area contributed by atoms with E-state index >= 15 is 0 Å². The van der Waals surface area contributed by atoms with Gasteiger partial charge in [-0.2, -0.15) is 0 Å². The quantitative estimate of drug-likeness (QED) is 0.737. The summed E-state index contributed by atoms with van der Waals surface area (Å²) in [5.74, 6) is -0.208. The Hall–Kier alpha value is -0.930. The first-order chi connectivity index (χ1) is 6.20. The Bertz CT molecular complexity index is 263. The lowest BCUT2D eigenvalue weighted by Gasteiger charge is -2.07. The number of halogens is 1. The number of nitrogens with one attached hydrogen (secondary N) is 1. The van der Waals surface area contributed by atoms with Gasteiger partial charge in [-0.05, 0) is 13.0 Å². The molecule has 0 unspecified atom stereocenters. The lowest BCUT2D eigenvalue weighted by atomic mass is 10.2. The maximum absolute atomic E-state index is 13.0. The third kappa shape index (κ3) is 3.53. The number of aliphatic hydroxyl groups excluding tert-OH is 1. The number of aliphatic hydroxyl groups is 1. The van der Waals surface area contributed by atoms with Crippen molar-refractivity contribution in [2.24, 2.45) is 0 Å². The van der Waals surface area contributed by atoms with Gasteiger partial charge < -0.3 is 10.4 Å². The molecule has 2 nitrogen and oxygen atoms in total. The van der Waals surface area contributed by atoms with E-state index in [0.717, 1.165) is 0 Å². The van der Waals surface area contributed by atoms with E-state index in [1.165, 1.54) is 6.07 Å². The van der Waals surface area contributed by atoms with E-state index in [4.69, 9.17) is 5.11 Å². The van der Waals surface area contributed by atoms with Crippen molar-refractivity contribution in [2.75, 3.05) is 6.54 Å². The van der Waals surface area contributed by atoms with Crippen molar-refractivity contribution in [2.45, 2.75) is 19.6 Å². The fourth-order valence-corrected chi connectivity index (χ4v) is 1.06. The highest BCUT2D eigenvalue weighted by Gasteiger charge is 2.00. The maximum Gasteiger partial charge on any atom is 0.127 e. The summed E-state index contributed by atoms with van der Waals surface area (Å²) in [7, 11) is 0. The summed E-state index contributed by atoms with van der Waals surface area (Å²) in [5.41, 5.74) is 0.628. The Morgan fingerprint density at radius 2 is 2.15 bits per heavy atom. The molecule has 0 saturated heterocycles. The lowest BCUT2D eigenvalue weighted by Crippen LogP contribution is -2.24. The molecule has 0 radical (unpaired) electrons. The zero-order valence-electron chi connectivity index (χ0n) is 7.63. The summed E-state index contributed by atoms with van der Waals surface area (Å²) >= 11 is 0. The molecule has 1 rings (SSSR count). The molecule has 2 N–H and O–H groups in total. The molecule has 3 heteroatoms. The minimum Gasteiger partial charge on any atom is -0.392 e. The van der Waals surface area contributed by atoms with Gasteiger partial charge in [0.05, 0.1) is 6.10 Å². The van der Waals surface area contributed by atoms with Gasteiger partial charge in [-0.25, -0.2) is 4.39 Å².